The molecule has 1 saturated carbocycles. The molecule has 0 aromatic heterocycles. The van der Waals surface area contributed by atoms with Crippen LogP contribution in [0.1, 0.15) is 53.9 Å². The van der Waals surface area contributed by atoms with Gasteiger partial charge in [0.1, 0.15) is 6.10 Å². The van der Waals surface area contributed by atoms with Crippen LogP contribution in [0.5, 0.6) is 0 Å². The monoisotopic (exact) mass is 448 g/mol. The third-order valence-corrected chi connectivity index (χ3v) is 6.34. The Morgan fingerprint density at radius 1 is 0.939 bits per heavy atom. The molecule has 3 atom stereocenters. The van der Waals surface area contributed by atoms with Crippen LogP contribution in [0.3, 0.4) is 0 Å². The number of carboxylic acids is 1. The maximum atomic E-state index is 13.3. The quantitative estimate of drug-likeness (QED) is 0.561. The molecule has 1 saturated heterocycles. The van der Waals surface area contributed by atoms with E-state index in [-0.39, 0.29) is 23.3 Å². The van der Waals surface area contributed by atoms with Crippen molar-refractivity contribution in [2.24, 2.45) is 5.92 Å². The van der Waals surface area contributed by atoms with Gasteiger partial charge in [-0.25, -0.2) is 4.79 Å². The Kier molecular flexibility index (Phi) is 6.89. The second-order valence-electron chi connectivity index (χ2n) is 8.59. The number of nitrogens with one attached hydrogen (secondary N) is 2. The molecule has 7 nitrogen and oxygen atoms in total. The minimum absolute atomic E-state index is 0.190. The summed E-state index contributed by atoms with van der Waals surface area (Å²) in [5.74, 6) is -2.20. The van der Waals surface area contributed by atoms with Gasteiger partial charge in [0.05, 0.1) is 5.56 Å². The lowest BCUT2D eigenvalue weighted by atomic mass is 9.71. The average Bonchev–Trinajstić information content (AvgIpc) is 3.34. The van der Waals surface area contributed by atoms with E-state index in [1.54, 1.807) is 48.5 Å². The van der Waals surface area contributed by atoms with Crippen LogP contribution in [0.4, 0.5) is 11.4 Å². The van der Waals surface area contributed by atoms with Gasteiger partial charge < -0.3 is 20.5 Å². The van der Waals surface area contributed by atoms with Crippen molar-refractivity contribution in [1.82, 2.24) is 0 Å². The largest absolute Gasteiger partial charge is 0.478 e. The molecule has 1 aliphatic carbocycles. The topological polar surface area (TPSA) is 105 Å². The van der Waals surface area contributed by atoms with Crippen molar-refractivity contribution in [2.45, 2.75) is 44.1 Å². The predicted molar refractivity (Wildman–Crippen MR) is 125 cm³/mol. The number of anilines is 2. The van der Waals surface area contributed by atoms with Gasteiger partial charge in [0, 0.05) is 29.8 Å². The smallest absolute Gasteiger partial charge is 0.335 e. The lowest BCUT2D eigenvalue weighted by Crippen LogP contribution is -2.32. The number of rotatable bonds is 6. The highest BCUT2D eigenvalue weighted by Gasteiger charge is 2.36. The van der Waals surface area contributed by atoms with Crippen molar-refractivity contribution in [3.8, 4) is 0 Å². The molecule has 1 aliphatic heterocycles. The van der Waals surface area contributed by atoms with Crippen molar-refractivity contribution >= 4 is 29.2 Å². The summed E-state index contributed by atoms with van der Waals surface area (Å²) in [6, 6.07) is 13.8. The summed E-state index contributed by atoms with van der Waals surface area (Å²) in [7, 11) is 0. The highest BCUT2D eigenvalue weighted by molar-refractivity contribution is 5.97. The number of amides is 2. The molecule has 7 heteroatoms. The van der Waals surface area contributed by atoms with E-state index in [1.165, 1.54) is 0 Å². The van der Waals surface area contributed by atoms with Gasteiger partial charge in [-0.15, -0.1) is 0 Å². The van der Waals surface area contributed by atoms with Crippen LogP contribution < -0.4 is 10.6 Å². The fraction of sp³-hybridized carbons (Fsp3) is 0.346. The molecule has 0 spiro atoms. The van der Waals surface area contributed by atoms with Gasteiger partial charge in [0.2, 0.25) is 5.91 Å². The molecular formula is C26H28N2O5. The van der Waals surface area contributed by atoms with E-state index in [9.17, 15) is 19.5 Å². The number of benzene rings is 2. The Morgan fingerprint density at radius 3 is 2.36 bits per heavy atom. The van der Waals surface area contributed by atoms with E-state index < -0.39 is 18.0 Å². The molecule has 4 rings (SSSR count). The van der Waals surface area contributed by atoms with Crippen molar-refractivity contribution in [1.29, 1.82) is 0 Å². The maximum Gasteiger partial charge on any atom is 0.335 e. The summed E-state index contributed by atoms with van der Waals surface area (Å²) < 4.78 is 5.42. The summed E-state index contributed by atoms with van der Waals surface area (Å²) in [6.45, 7) is 4.75. The first-order chi connectivity index (χ1) is 15.9. The fourth-order valence-electron chi connectivity index (χ4n) is 4.75. The van der Waals surface area contributed by atoms with Gasteiger partial charge in [-0.05, 0) is 61.9 Å². The summed E-state index contributed by atoms with van der Waals surface area (Å²) in [4.78, 5) is 37.4. The lowest BCUT2D eigenvalue weighted by Gasteiger charge is -2.33. The Balaban J connectivity index is 1.52. The average molecular weight is 449 g/mol. The van der Waals surface area contributed by atoms with Crippen molar-refractivity contribution < 1.29 is 24.2 Å². The van der Waals surface area contributed by atoms with E-state index in [0.29, 0.717) is 36.4 Å². The molecule has 2 aromatic carbocycles. The third kappa shape index (κ3) is 5.14. The minimum atomic E-state index is -1.02. The Labute approximate surface area is 192 Å². The number of hydrogen-bond acceptors (Lipinski definition) is 4. The molecule has 2 aliphatic rings. The number of ether oxygens (including phenoxy) is 1. The van der Waals surface area contributed by atoms with Crippen LogP contribution in [-0.4, -0.2) is 35.6 Å². The van der Waals surface area contributed by atoms with Crippen LogP contribution >= 0.6 is 0 Å². The molecule has 3 N–H and O–H groups in total. The molecule has 2 aromatic rings. The standard InChI is InChI=1S/C26H28N2O5/c1-16-7-4-12-21(23(16)19-10-2-3-11-20(19)26(31)32)24(29)27-17-8-5-9-18(15-17)28-25(30)22-13-6-14-33-22/h2-3,5,8-11,15,21-23H,1,4,6-7,12-14H2,(H,27,29)(H,28,30)(H,31,32). The number of allylic oxidation sites excluding steroid dienone is 1. The van der Waals surface area contributed by atoms with Crippen molar-refractivity contribution in [3.63, 3.8) is 0 Å². The molecule has 2 fully saturated rings. The zero-order valence-electron chi connectivity index (χ0n) is 18.4. The van der Waals surface area contributed by atoms with E-state index in [1.807, 2.05) is 0 Å². The highest BCUT2D eigenvalue weighted by atomic mass is 16.5. The lowest BCUT2D eigenvalue weighted by molar-refractivity contribution is -0.124. The fourth-order valence-corrected chi connectivity index (χ4v) is 4.75. The van der Waals surface area contributed by atoms with E-state index in [2.05, 4.69) is 17.2 Å². The zero-order valence-corrected chi connectivity index (χ0v) is 18.4. The first-order valence-corrected chi connectivity index (χ1v) is 11.3. The summed E-state index contributed by atoms with van der Waals surface area (Å²) in [6.07, 6.45) is 3.35. The van der Waals surface area contributed by atoms with Gasteiger partial charge >= 0.3 is 5.97 Å². The number of hydrogen-bond donors (Lipinski definition) is 3. The second-order valence-corrected chi connectivity index (χ2v) is 8.59. The Hall–Kier alpha value is -3.45. The van der Waals surface area contributed by atoms with Crippen LogP contribution in [0.25, 0.3) is 0 Å². The van der Waals surface area contributed by atoms with Crippen LogP contribution in [0, 0.1) is 5.92 Å². The van der Waals surface area contributed by atoms with Gasteiger partial charge in [-0.3, -0.25) is 9.59 Å². The van der Waals surface area contributed by atoms with Crippen LogP contribution in [-0.2, 0) is 14.3 Å². The Morgan fingerprint density at radius 2 is 1.67 bits per heavy atom. The zero-order chi connectivity index (χ0) is 23.4. The summed E-state index contributed by atoms with van der Waals surface area (Å²) in [5, 5.41) is 15.4. The number of aromatic carboxylic acids is 1. The van der Waals surface area contributed by atoms with Crippen molar-refractivity contribution in [3.05, 3.63) is 71.8 Å². The number of carbonyl (C=O) groups is 3. The number of carboxylic acid groups (broad SMARTS) is 1. The second kappa shape index (κ2) is 10.0. The third-order valence-electron chi connectivity index (χ3n) is 6.34. The summed E-state index contributed by atoms with van der Waals surface area (Å²) in [5.41, 5.74) is 2.82. The molecule has 0 bridgehead atoms. The normalized spacial score (nSPS) is 22.5. The SMILES string of the molecule is C=C1CCCC(C(=O)Nc2cccc(NC(=O)C3CCCO3)c2)C1c1ccccc1C(=O)O. The van der Waals surface area contributed by atoms with Gasteiger partial charge in [0.25, 0.3) is 5.91 Å². The summed E-state index contributed by atoms with van der Waals surface area (Å²) >= 11 is 0. The molecule has 2 amide bonds. The van der Waals surface area contributed by atoms with Gasteiger partial charge in [-0.2, -0.15) is 0 Å². The number of carbonyl (C=O) groups excluding carboxylic acids is 2. The molecule has 172 valence electrons. The van der Waals surface area contributed by atoms with E-state index >= 15 is 0 Å². The van der Waals surface area contributed by atoms with Crippen LogP contribution in [0.2, 0.25) is 0 Å². The Bertz CT molecular complexity index is 1070. The first-order valence-electron chi connectivity index (χ1n) is 11.3. The predicted octanol–water partition coefficient (Wildman–Crippen LogP) is 4.58. The molecule has 3 unspecified atom stereocenters. The highest BCUT2D eigenvalue weighted by Crippen LogP contribution is 2.42. The first kappa shape index (κ1) is 22.7. The molecular weight excluding hydrogens is 420 g/mol. The molecule has 1 heterocycles. The maximum absolute atomic E-state index is 13.3. The van der Waals surface area contributed by atoms with E-state index in [4.69, 9.17) is 4.74 Å². The molecule has 33 heavy (non-hydrogen) atoms. The molecule has 0 radical (unpaired) electrons. The van der Waals surface area contributed by atoms with Crippen LogP contribution in [0.15, 0.2) is 60.7 Å². The van der Waals surface area contributed by atoms with Gasteiger partial charge in [0.15, 0.2) is 0 Å². The van der Waals surface area contributed by atoms with E-state index in [0.717, 1.165) is 24.8 Å². The minimum Gasteiger partial charge on any atom is -0.478 e. The van der Waals surface area contributed by atoms with Gasteiger partial charge in [-0.1, -0.05) is 36.4 Å². The van der Waals surface area contributed by atoms with Crippen molar-refractivity contribution in [2.75, 3.05) is 17.2 Å².